The summed E-state index contributed by atoms with van der Waals surface area (Å²) in [5.41, 5.74) is 0. The fraction of sp³-hybridized carbons (Fsp3) is 1.00. The summed E-state index contributed by atoms with van der Waals surface area (Å²) < 4.78 is 22.0. The van der Waals surface area contributed by atoms with E-state index in [2.05, 4.69) is 13.8 Å². The minimum Gasteiger partial charge on any atom is -0.397 e. The lowest BCUT2D eigenvalue weighted by molar-refractivity contribution is 0.113. The second kappa shape index (κ2) is 15.6. The molecular weight excluding hydrogens is 308 g/mol. The van der Waals surface area contributed by atoms with Crippen molar-refractivity contribution in [3.05, 3.63) is 0 Å². The van der Waals surface area contributed by atoms with Crippen molar-refractivity contribution in [2.75, 3.05) is 33.0 Å². The van der Waals surface area contributed by atoms with Gasteiger partial charge in [-0.25, -0.2) is 0 Å². The van der Waals surface area contributed by atoms with Gasteiger partial charge in [0.05, 0.1) is 13.2 Å². The first kappa shape index (κ1) is 21.1. The maximum Gasteiger partial charge on any atom is 0.321 e. The van der Waals surface area contributed by atoms with Crippen LogP contribution in [0.5, 0.6) is 0 Å². The van der Waals surface area contributed by atoms with E-state index in [1.807, 2.05) is 0 Å². The third kappa shape index (κ3) is 14.1. The molecule has 1 rings (SSSR count). The maximum absolute atomic E-state index is 5.70. The number of epoxide rings is 1. The summed E-state index contributed by atoms with van der Waals surface area (Å²) in [5.74, 6) is 0. The van der Waals surface area contributed by atoms with Gasteiger partial charge in [0.15, 0.2) is 0 Å². The molecule has 0 aromatic carbocycles. The van der Waals surface area contributed by atoms with Crippen LogP contribution < -0.4 is 0 Å². The molecule has 1 heterocycles. The van der Waals surface area contributed by atoms with E-state index in [4.69, 9.17) is 18.3 Å². The van der Waals surface area contributed by atoms with Gasteiger partial charge in [-0.2, -0.15) is 0 Å². The van der Waals surface area contributed by atoms with Crippen LogP contribution >= 0.6 is 0 Å². The molecule has 0 bridgehead atoms. The molecule has 0 radical (unpaired) electrons. The van der Waals surface area contributed by atoms with Gasteiger partial charge in [0.1, 0.15) is 6.10 Å². The van der Waals surface area contributed by atoms with Crippen LogP contribution in [0.25, 0.3) is 0 Å². The Kier molecular flexibility index (Phi) is 14.3. The van der Waals surface area contributed by atoms with Crippen molar-refractivity contribution in [3.8, 4) is 0 Å². The van der Waals surface area contributed by atoms with E-state index in [1.54, 1.807) is 0 Å². The number of hydrogen-bond acceptors (Lipinski definition) is 4. The lowest BCUT2D eigenvalue weighted by atomic mass is 10.1. The first-order chi connectivity index (χ1) is 11.4. The van der Waals surface area contributed by atoms with Crippen LogP contribution in [0, 0.1) is 0 Å². The summed E-state index contributed by atoms with van der Waals surface area (Å²) in [6.45, 7) is 8.34. The van der Waals surface area contributed by atoms with Gasteiger partial charge in [-0.1, -0.05) is 51.4 Å². The molecule has 0 amide bonds. The second-order valence-corrected chi connectivity index (χ2v) is 8.44. The number of unbranched alkanes of at least 4 members (excludes halogenated alkanes) is 8. The Morgan fingerprint density at radius 1 is 0.826 bits per heavy atom. The first-order valence-electron chi connectivity index (χ1n) is 9.79. The fourth-order valence-electron chi connectivity index (χ4n) is 2.72. The molecule has 138 valence electrons. The van der Waals surface area contributed by atoms with E-state index in [0.29, 0.717) is 6.10 Å². The molecule has 1 unspecified atom stereocenters. The van der Waals surface area contributed by atoms with Gasteiger partial charge in [0.2, 0.25) is 0 Å². The van der Waals surface area contributed by atoms with Gasteiger partial charge in [-0.15, -0.1) is 0 Å². The van der Waals surface area contributed by atoms with Crippen LogP contribution in [0.2, 0.25) is 6.04 Å². The van der Waals surface area contributed by atoms with Gasteiger partial charge in [-0.05, 0) is 26.3 Å². The lowest BCUT2D eigenvalue weighted by Crippen LogP contribution is -2.22. The van der Waals surface area contributed by atoms with Crippen molar-refractivity contribution in [2.45, 2.75) is 83.8 Å². The molecule has 1 atom stereocenters. The molecule has 1 aliphatic rings. The van der Waals surface area contributed by atoms with Gasteiger partial charge < -0.3 is 18.3 Å². The fourth-order valence-corrected chi connectivity index (χ4v) is 4.51. The highest BCUT2D eigenvalue weighted by Crippen LogP contribution is 2.13. The quantitative estimate of drug-likeness (QED) is 0.212. The molecule has 1 saturated heterocycles. The van der Waals surface area contributed by atoms with Crippen molar-refractivity contribution in [1.82, 2.24) is 0 Å². The molecule has 0 saturated carbocycles. The summed E-state index contributed by atoms with van der Waals surface area (Å²) in [5, 5.41) is 0. The van der Waals surface area contributed by atoms with Crippen LogP contribution in [0.15, 0.2) is 0 Å². The van der Waals surface area contributed by atoms with Crippen molar-refractivity contribution >= 4 is 9.28 Å². The Morgan fingerprint density at radius 2 is 1.35 bits per heavy atom. The van der Waals surface area contributed by atoms with Gasteiger partial charge in [0, 0.05) is 19.8 Å². The van der Waals surface area contributed by atoms with Gasteiger partial charge >= 0.3 is 9.28 Å². The monoisotopic (exact) mass is 346 g/mol. The summed E-state index contributed by atoms with van der Waals surface area (Å²) in [7, 11) is -1.34. The molecular formula is C18H38O4Si. The van der Waals surface area contributed by atoms with E-state index in [1.165, 1.54) is 63.8 Å². The summed E-state index contributed by atoms with van der Waals surface area (Å²) >= 11 is 0. The average molecular weight is 347 g/mol. The van der Waals surface area contributed by atoms with Crippen LogP contribution in [-0.2, 0) is 18.3 Å². The molecule has 0 aliphatic carbocycles. The molecule has 1 aliphatic heterocycles. The van der Waals surface area contributed by atoms with Crippen LogP contribution in [0.3, 0.4) is 0 Å². The van der Waals surface area contributed by atoms with Gasteiger partial charge in [-0.3, -0.25) is 0 Å². The van der Waals surface area contributed by atoms with Crippen molar-refractivity contribution in [2.24, 2.45) is 0 Å². The zero-order chi connectivity index (χ0) is 16.6. The predicted molar refractivity (Wildman–Crippen MR) is 97.3 cm³/mol. The van der Waals surface area contributed by atoms with Crippen LogP contribution in [0.4, 0.5) is 0 Å². The van der Waals surface area contributed by atoms with Gasteiger partial charge in [0.25, 0.3) is 0 Å². The molecule has 0 N–H and O–H groups in total. The maximum atomic E-state index is 5.70. The highest BCUT2D eigenvalue weighted by atomic mass is 28.3. The smallest absolute Gasteiger partial charge is 0.321 e. The Labute approximate surface area is 145 Å². The third-order valence-corrected chi connectivity index (χ3v) is 6.43. The third-order valence-electron chi connectivity index (χ3n) is 4.14. The Hall–Kier alpha value is 0.0569. The Morgan fingerprint density at radius 3 is 1.87 bits per heavy atom. The zero-order valence-electron chi connectivity index (χ0n) is 15.4. The average Bonchev–Trinajstić information content (AvgIpc) is 3.36. The highest BCUT2D eigenvalue weighted by Gasteiger charge is 2.21. The molecule has 1 fully saturated rings. The highest BCUT2D eigenvalue weighted by molar-refractivity contribution is 6.44. The topological polar surface area (TPSA) is 40.2 Å². The number of hydrogen-bond donors (Lipinski definition) is 0. The Balaban J connectivity index is 1.71. The SMILES string of the molecule is CCO[SiH](CCCCCCCCCCCOCC1CO1)OCC. The molecule has 0 aromatic rings. The summed E-state index contributed by atoms with van der Waals surface area (Å²) in [6, 6.07) is 1.17. The normalized spacial score (nSPS) is 17.1. The molecule has 4 nitrogen and oxygen atoms in total. The molecule has 23 heavy (non-hydrogen) atoms. The zero-order valence-corrected chi connectivity index (χ0v) is 16.5. The number of rotatable bonds is 18. The summed E-state index contributed by atoms with van der Waals surface area (Å²) in [6.07, 6.45) is 12.4. The van der Waals surface area contributed by atoms with E-state index < -0.39 is 9.28 Å². The van der Waals surface area contributed by atoms with Crippen molar-refractivity contribution in [1.29, 1.82) is 0 Å². The second-order valence-electron chi connectivity index (χ2n) is 6.34. The predicted octanol–water partition coefficient (Wildman–Crippen LogP) is 4.21. The first-order valence-corrected chi connectivity index (χ1v) is 11.5. The van der Waals surface area contributed by atoms with Crippen molar-refractivity contribution in [3.63, 3.8) is 0 Å². The largest absolute Gasteiger partial charge is 0.397 e. The van der Waals surface area contributed by atoms with Crippen LogP contribution in [0.1, 0.15) is 71.6 Å². The number of ether oxygens (including phenoxy) is 2. The van der Waals surface area contributed by atoms with Crippen LogP contribution in [-0.4, -0.2) is 48.4 Å². The molecule has 5 heteroatoms. The minimum absolute atomic E-state index is 0.412. The van der Waals surface area contributed by atoms with E-state index in [-0.39, 0.29) is 0 Å². The van der Waals surface area contributed by atoms with E-state index >= 15 is 0 Å². The Bertz CT molecular complexity index is 243. The van der Waals surface area contributed by atoms with Crippen molar-refractivity contribution < 1.29 is 18.3 Å². The molecule has 0 aromatic heterocycles. The van der Waals surface area contributed by atoms with E-state index in [9.17, 15) is 0 Å². The standard InChI is InChI=1S/C18H38O4Si/c1-3-21-23(22-4-2)15-13-11-9-7-5-6-8-10-12-14-19-16-18-17-20-18/h18,23H,3-17H2,1-2H3. The lowest BCUT2D eigenvalue weighted by Gasteiger charge is -2.14. The van der Waals surface area contributed by atoms with E-state index in [0.717, 1.165) is 33.0 Å². The summed E-state index contributed by atoms with van der Waals surface area (Å²) in [4.78, 5) is 0. The minimum atomic E-state index is -1.34. The molecule has 0 spiro atoms.